The van der Waals surface area contributed by atoms with Gasteiger partial charge in [-0.2, -0.15) is 0 Å². The molecule has 0 fully saturated rings. The summed E-state index contributed by atoms with van der Waals surface area (Å²) in [6, 6.07) is 14.4. The Balaban J connectivity index is 1.55. The summed E-state index contributed by atoms with van der Waals surface area (Å²) in [4.78, 5) is 0.181. The van der Waals surface area contributed by atoms with Gasteiger partial charge in [0.25, 0.3) is 0 Å². The van der Waals surface area contributed by atoms with E-state index in [1.165, 1.54) is 24.0 Å². The molecule has 0 spiro atoms. The molecule has 2 aliphatic rings. The number of fused-ring (bicyclic) bond motifs is 3. The molecule has 0 saturated heterocycles. The maximum absolute atomic E-state index is 11.8. The minimum absolute atomic E-state index is 0.181. The topological polar surface area (TPSA) is 72.2 Å². The fraction of sp³-hybridized carbons (Fsp3) is 0.440. The van der Waals surface area contributed by atoms with Crippen LogP contribution in [0.15, 0.2) is 59.5 Å². The van der Waals surface area contributed by atoms with E-state index >= 15 is 0 Å². The van der Waals surface area contributed by atoms with Crippen LogP contribution < -0.4 is 10.5 Å². The summed E-state index contributed by atoms with van der Waals surface area (Å²) in [5.74, 6) is 0.583. The first-order valence-corrected chi connectivity index (χ1v) is 12.4. The van der Waals surface area contributed by atoms with Gasteiger partial charge in [-0.1, -0.05) is 57.2 Å². The monoisotopic (exact) mass is 424 g/mol. The predicted octanol–water partition coefficient (Wildman–Crippen LogP) is 5.53. The van der Waals surface area contributed by atoms with Crippen LogP contribution in [0.5, 0.6) is 0 Å². The van der Waals surface area contributed by atoms with E-state index < -0.39 is 10.0 Å². The summed E-state index contributed by atoms with van der Waals surface area (Å²) in [7, 11) is -3.70. The third-order valence-corrected chi connectivity index (χ3v) is 7.30. The number of sulfonamides is 1. The molecule has 1 aliphatic carbocycles. The zero-order valence-corrected chi connectivity index (χ0v) is 18.9. The predicted molar refractivity (Wildman–Crippen MR) is 123 cm³/mol. The third-order valence-electron chi connectivity index (χ3n) is 6.39. The molecular formula is C25H32N2O2S. The summed E-state index contributed by atoms with van der Waals surface area (Å²) in [5, 5.41) is 9.02. The summed E-state index contributed by atoms with van der Waals surface area (Å²) in [6.07, 6.45) is 8.95. The van der Waals surface area contributed by atoms with Gasteiger partial charge in [-0.25, -0.2) is 13.6 Å². The van der Waals surface area contributed by atoms with Crippen molar-refractivity contribution in [3.05, 3.63) is 71.3 Å². The van der Waals surface area contributed by atoms with Crippen molar-refractivity contribution >= 4 is 15.7 Å². The van der Waals surface area contributed by atoms with Gasteiger partial charge < -0.3 is 5.32 Å². The maximum Gasteiger partial charge on any atom is 0.238 e. The smallest absolute Gasteiger partial charge is 0.238 e. The Morgan fingerprint density at radius 3 is 2.50 bits per heavy atom. The first kappa shape index (κ1) is 21.1. The van der Waals surface area contributed by atoms with E-state index in [0.717, 1.165) is 24.1 Å². The van der Waals surface area contributed by atoms with Crippen molar-refractivity contribution in [2.75, 3.05) is 5.32 Å². The lowest BCUT2D eigenvalue weighted by molar-refractivity contribution is 0.365. The van der Waals surface area contributed by atoms with Gasteiger partial charge in [0.1, 0.15) is 0 Å². The first-order valence-electron chi connectivity index (χ1n) is 10.8. The number of hydrogen-bond acceptors (Lipinski definition) is 3. The number of aryl methyl sites for hydroxylation is 1. The van der Waals surface area contributed by atoms with E-state index in [1.807, 2.05) is 6.07 Å². The Hall–Kier alpha value is -2.11. The lowest BCUT2D eigenvalue weighted by Crippen LogP contribution is -2.29. The molecule has 160 valence electrons. The SMILES string of the molecule is CC(C)(C)CCCc1ccc(C2Nc3ccc(S(N)(=O)=O)cc3C3C=CCC32)cc1. The number of primary sulfonamides is 1. The van der Waals surface area contributed by atoms with Crippen molar-refractivity contribution in [3.8, 4) is 0 Å². The van der Waals surface area contributed by atoms with Crippen LogP contribution in [-0.2, 0) is 16.4 Å². The molecule has 0 bridgehead atoms. The van der Waals surface area contributed by atoms with Crippen LogP contribution in [0.4, 0.5) is 5.69 Å². The van der Waals surface area contributed by atoms with Crippen LogP contribution in [0.25, 0.3) is 0 Å². The van der Waals surface area contributed by atoms with Gasteiger partial charge in [-0.15, -0.1) is 0 Å². The van der Waals surface area contributed by atoms with Gasteiger partial charge in [-0.05, 0) is 71.9 Å². The summed E-state index contributed by atoms with van der Waals surface area (Å²) >= 11 is 0. The lowest BCUT2D eigenvalue weighted by atomic mass is 9.77. The van der Waals surface area contributed by atoms with Gasteiger partial charge in [0.05, 0.1) is 10.9 Å². The van der Waals surface area contributed by atoms with Crippen molar-refractivity contribution in [1.29, 1.82) is 0 Å². The number of rotatable bonds is 5. The highest BCUT2D eigenvalue weighted by Crippen LogP contribution is 2.50. The van der Waals surface area contributed by atoms with Crippen LogP contribution in [0, 0.1) is 11.3 Å². The maximum atomic E-state index is 11.8. The normalized spacial score (nSPS) is 23.0. The molecule has 30 heavy (non-hydrogen) atoms. The molecule has 2 aromatic carbocycles. The van der Waals surface area contributed by atoms with Crippen molar-refractivity contribution in [2.45, 2.75) is 63.3 Å². The van der Waals surface area contributed by atoms with Crippen LogP contribution in [0.1, 0.15) is 68.7 Å². The lowest BCUT2D eigenvalue weighted by Gasteiger charge is -2.37. The minimum Gasteiger partial charge on any atom is -0.378 e. The Morgan fingerprint density at radius 2 is 1.83 bits per heavy atom. The van der Waals surface area contributed by atoms with Gasteiger partial charge >= 0.3 is 0 Å². The van der Waals surface area contributed by atoms with Crippen LogP contribution in [-0.4, -0.2) is 8.42 Å². The van der Waals surface area contributed by atoms with E-state index in [9.17, 15) is 8.42 Å². The molecule has 4 rings (SSSR count). The molecule has 5 heteroatoms. The summed E-state index contributed by atoms with van der Waals surface area (Å²) in [6.45, 7) is 6.88. The highest BCUT2D eigenvalue weighted by atomic mass is 32.2. The molecule has 0 aromatic heterocycles. The highest BCUT2D eigenvalue weighted by molar-refractivity contribution is 7.89. The van der Waals surface area contributed by atoms with Gasteiger partial charge in [-0.3, -0.25) is 0 Å². The number of nitrogens with two attached hydrogens (primary N) is 1. The van der Waals surface area contributed by atoms with E-state index in [4.69, 9.17) is 5.14 Å². The molecular weight excluding hydrogens is 392 g/mol. The molecule has 2 aromatic rings. The third kappa shape index (κ3) is 4.47. The molecule has 3 atom stereocenters. The Labute approximate surface area is 180 Å². The van der Waals surface area contributed by atoms with Crippen molar-refractivity contribution in [2.24, 2.45) is 16.5 Å². The van der Waals surface area contributed by atoms with E-state index in [-0.39, 0.29) is 16.9 Å². The largest absolute Gasteiger partial charge is 0.378 e. The fourth-order valence-electron chi connectivity index (χ4n) is 4.79. The zero-order chi connectivity index (χ0) is 21.5. The molecule has 0 saturated carbocycles. The molecule has 3 N–H and O–H groups in total. The highest BCUT2D eigenvalue weighted by Gasteiger charge is 2.38. The van der Waals surface area contributed by atoms with E-state index in [1.54, 1.807) is 12.1 Å². The Bertz CT molecular complexity index is 1050. The number of nitrogens with one attached hydrogen (secondary N) is 1. The Kier molecular flexibility index (Phi) is 5.54. The Morgan fingerprint density at radius 1 is 1.10 bits per heavy atom. The van der Waals surface area contributed by atoms with Crippen molar-refractivity contribution < 1.29 is 8.42 Å². The van der Waals surface area contributed by atoms with E-state index in [0.29, 0.717) is 11.3 Å². The molecule has 1 heterocycles. The first-order chi connectivity index (χ1) is 14.1. The molecule has 0 radical (unpaired) electrons. The van der Waals surface area contributed by atoms with Gasteiger partial charge in [0, 0.05) is 11.6 Å². The van der Waals surface area contributed by atoms with Crippen LogP contribution >= 0.6 is 0 Å². The number of allylic oxidation sites excluding steroid dienone is 2. The summed E-state index contributed by atoms with van der Waals surface area (Å²) < 4.78 is 23.6. The number of benzene rings is 2. The van der Waals surface area contributed by atoms with Crippen LogP contribution in [0.3, 0.4) is 0 Å². The average Bonchev–Trinajstić information content (AvgIpc) is 3.16. The second-order valence-corrected chi connectivity index (χ2v) is 11.5. The average molecular weight is 425 g/mol. The quantitative estimate of drug-likeness (QED) is 0.620. The van der Waals surface area contributed by atoms with Crippen LogP contribution in [0.2, 0.25) is 0 Å². The molecule has 0 amide bonds. The van der Waals surface area contributed by atoms with Gasteiger partial charge in [0.15, 0.2) is 0 Å². The minimum atomic E-state index is -3.70. The van der Waals surface area contributed by atoms with Crippen molar-refractivity contribution in [1.82, 2.24) is 0 Å². The van der Waals surface area contributed by atoms with Crippen molar-refractivity contribution in [3.63, 3.8) is 0 Å². The number of hydrogen-bond donors (Lipinski definition) is 2. The number of anilines is 1. The second kappa shape index (κ2) is 7.86. The summed E-state index contributed by atoms with van der Waals surface area (Å²) in [5.41, 5.74) is 5.07. The standard InChI is InChI=1S/C25H32N2O2S/c1-25(2,3)15-5-6-17-9-11-18(12-10-17)24-21-8-4-7-20(21)22-16-19(30(26,28)29)13-14-23(22)27-24/h4,7,9-14,16,20-21,24,27H,5-6,8,15H2,1-3H3,(H2,26,28,29). The fourth-order valence-corrected chi connectivity index (χ4v) is 5.34. The van der Waals surface area contributed by atoms with E-state index in [2.05, 4.69) is 62.5 Å². The van der Waals surface area contributed by atoms with Gasteiger partial charge in [0.2, 0.25) is 10.0 Å². The molecule has 1 aliphatic heterocycles. The zero-order valence-electron chi connectivity index (χ0n) is 18.1. The second-order valence-electron chi connectivity index (χ2n) is 9.93. The molecule has 4 nitrogen and oxygen atoms in total. The molecule has 3 unspecified atom stereocenters.